The highest BCUT2D eigenvalue weighted by Crippen LogP contribution is 2.33. The molecule has 3 heteroatoms. The highest BCUT2D eigenvalue weighted by Gasteiger charge is 2.24. The van der Waals surface area contributed by atoms with Gasteiger partial charge < -0.3 is 4.90 Å². The van der Waals surface area contributed by atoms with Crippen molar-refractivity contribution >= 4 is 33.2 Å². The van der Waals surface area contributed by atoms with Crippen LogP contribution in [0.2, 0.25) is 0 Å². The second-order valence-corrected chi connectivity index (χ2v) is 5.44. The maximum absolute atomic E-state index is 5.83. The summed E-state index contributed by atoms with van der Waals surface area (Å²) < 4.78 is 1.17. The topological polar surface area (TPSA) is 3.24 Å². The van der Waals surface area contributed by atoms with Crippen LogP contribution in [0.5, 0.6) is 0 Å². The SMILES string of the molecule is CCC1CCCN1c1ccc(CCl)cc1Br. The molecule has 1 heterocycles. The minimum Gasteiger partial charge on any atom is -0.368 e. The lowest BCUT2D eigenvalue weighted by atomic mass is 10.1. The number of hydrogen-bond donors (Lipinski definition) is 0. The predicted molar refractivity (Wildman–Crippen MR) is 74.4 cm³/mol. The number of benzene rings is 1. The fraction of sp³-hybridized carbons (Fsp3) is 0.538. The number of alkyl halides is 1. The largest absolute Gasteiger partial charge is 0.368 e. The molecule has 88 valence electrons. The third kappa shape index (κ3) is 2.38. The van der Waals surface area contributed by atoms with E-state index in [9.17, 15) is 0 Å². The Labute approximate surface area is 111 Å². The van der Waals surface area contributed by atoms with E-state index in [4.69, 9.17) is 11.6 Å². The molecule has 1 aromatic rings. The third-order valence-electron chi connectivity index (χ3n) is 3.32. The molecule has 1 fully saturated rings. The Morgan fingerprint density at radius 1 is 1.50 bits per heavy atom. The van der Waals surface area contributed by atoms with E-state index in [0.29, 0.717) is 11.9 Å². The van der Waals surface area contributed by atoms with E-state index >= 15 is 0 Å². The van der Waals surface area contributed by atoms with E-state index in [2.05, 4.69) is 46.0 Å². The van der Waals surface area contributed by atoms with Crippen LogP contribution in [0.15, 0.2) is 22.7 Å². The fourth-order valence-corrected chi connectivity index (χ4v) is 3.26. The summed E-state index contributed by atoms with van der Waals surface area (Å²) >= 11 is 9.49. The zero-order valence-corrected chi connectivity index (χ0v) is 11.9. The second kappa shape index (κ2) is 5.42. The molecule has 1 unspecified atom stereocenters. The van der Waals surface area contributed by atoms with Crippen LogP contribution in [0.3, 0.4) is 0 Å². The van der Waals surface area contributed by atoms with Crippen LogP contribution in [0.25, 0.3) is 0 Å². The molecule has 1 atom stereocenters. The molecule has 0 aliphatic carbocycles. The molecule has 0 aromatic heterocycles. The van der Waals surface area contributed by atoms with Gasteiger partial charge in [-0.3, -0.25) is 0 Å². The second-order valence-electron chi connectivity index (χ2n) is 4.32. The summed E-state index contributed by atoms with van der Waals surface area (Å²) in [5.74, 6) is 0.579. The molecule has 1 saturated heterocycles. The summed E-state index contributed by atoms with van der Waals surface area (Å²) in [4.78, 5) is 2.52. The maximum Gasteiger partial charge on any atom is 0.0513 e. The van der Waals surface area contributed by atoms with Gasteiger partial charge in [0.15, 0.2) is 0 Å². The smallest absolute Gasteiger partial charge is 0.0513 e. The van der Waals surface area contributed by atoms with Gasteiger partial charge in [0.25, 0.3) is 0 Å². The summed E-state index contributed by atoms with van der Waals surface area (Å²) in [6.07, 6.45) is 3.85. The van der Waals surface area contributed by atoms with Crippen molar-refractivity contribution in [3.63, 3.8) is 0 Å². The van der Waals surface area contributed by atoms with E-state index < -0.39 is 0 Å². The van der Waals surface area contributed by atoms with Crippen LogP contribution >= 0.6 is 27.5 Å². The Balaban J connectivity index is 2.26. The molecule has 0 spiro atoms. The van der Waals surface area contributed by atoms with Crippen LogP contribution in [0.4, 0.5) is 5.69 Å². The Kier molecular flexibility index (Phi) is 4.15. The Morgan fingerprint density at radius 2 is 2.31 bits per heavy atom. The lowest BCUT2D eigenvalue weighted by molar-refractivity contribution is 0.645. The van der Waals surface area contributed by atoms with Crippen LogP contribution in [0.1, 0.15) is 31.7 Å². The molecule has 0 saturated carbocycles. The van der Waals surface area contributed by atoms with Gasteiger partial charge in [-0.05, 0) is 52.9 Å². The summed E-state index contributed by atoms with van der Waals surface area (Å²) in [6.45, 7) is 3.45. The molecular weight excluding hydrogens is 286 g/mol. The lowest BCUT2D eigenvalue weighted by Crippen LogP contribution is -2.28. The Bertz CT molecular complexity index is 367. The Hall–Kier alpha value is -0.210. The average molecular weight is 303 g/mol. The van der Waals surface area contributed by atoms with Gasteiger partial charge in [0.05, 0.1) is 5.69 Å². The van der Waals surface area contributed by atoms with E-state index in [1.165, 1.54) is 41.5 Å². The van der Waals surface area contributed by atoms with Crippen molar-refractivity contribution in [2.24, 2.45) is 0 Å². The van der Waals surface area contributed by atoms with Crippen molar-refractivity contribution in [2.75, 3.05) is 11.4 Å². The average Bonchev–Trinajstić information content (AvgIpc) is 2.76. The van der Waals surface area contributed by atoms with Gasteiger partial charge in [-0.1, -0.05) is 13.0 Å². The van der Waals surface area contributed by atoms with Crippen molar-refractivity contribution in [2.45, 2.75) is 38.1 Å². The number of halogens is 2. The molecule has 2 rings (SSSR count). The summed E-state index contributed by atoms with van der Waals surface area (Å²) in [7, 11) is 0. The first-order chi connectivity index (χ1) is 7.76. The van der Waals surface area contributed by atoms with Gasteiger partial charge in [-0.2, -0.15) is 0 Å². The molecule has 1 aromatic carbocycles. The summed E-state index contributed by atoms with van der Waals surface area (Å²) in [5.41, 5.74) is 2.49. The highest BCUT2D eigenvalue weighted by atomic mass is 79.9. The molecule has 1 nitrogen and oxygen atoms in total. The van der Waals surface area contributed by atoms with Gasteiger partial charge in [0.1, 0.15) is 0 Å². The van der Waals surface area contributed by atoms with Gasteiger partial charge >= 0.3 is 0 Å². The minimum absolute atomic E-state index is 0.579. The lowest BCUT2D eigenvalue weighted by Gasteiger charge is -2.27. The van der Waals surface area contributed by atoms with Gasteiger partial charge in [0, 0.05) is 22.9 Å². The van der Waals surface area contributed by atoms with E-state index in [-0.39, 0.29) is 0 Å². The van der Waals surface area contributed by atoms with E-state index in [0.717, 1.165) is 0 Å². The Morgan fingerprint density at radius 3 is 2.94 bits per heavy atom. The van der Waals surface area contributed by atoms with Crippen molar-refractivity contribution in [1.82, 2.24) is 0 Å². The maximum atomic E-state index is 5.83. The van der Waals surface area contributed by atoms with Crippen LogP contribution in [0, 0.1) is 0 Å². The molecule has 0 bridgehead atoms. The molecule has 1 aliphatic rings. The first-order valence-electron chi connectivity index (χ1n) is 5.87. The van der Waals surface area contributed by atoms with Crippen molar-refractivity contribution < 1.29 is 0 Å². The standard InChI is InChI=1S/C13H17BrClN/c1-2-11-4-3-7-16(11)13-6-5-10(9-15)8-12(13)14/h5-6,8,11H,2-4,7,9H2,1H3. The molecule has 16 heavy (non-hydrogen) atoms. The zero-order valence-electron chi connectivity index (χ0n) is 9.55. The van der Waals surface area contributed by atoms with Crippen molar-refractivity contribution in [3.05, 3.63) is 28.2 Å². The van der Waals surface area contributed by atoms with E-state index in [1.807, 2.05) is 0 Å². The van der Waals surface area contributed by atoms with Crippen LogP contribution < -0.4 is 4.90 Å². The first-order valence-corrected chi connectivity index (χ1v) is 7.20. The van der Waals surface area contributed by atoms with Gasteiger partial charge in [-0.15, -0.1) is 11.6 Å². The quantitative estimate of drug-likeness (QED) is 0.740. The monoisotopic (exact) mass is 301 g/mol. The summed E-state index contributed by atoms with van der Waals surface area (Å²) in [5, 5.41) is 0. The third-order valence-corrected chi connectivity index (χ3v) is 4.27. The van der Waals surface area contributed by atoms with Gasteiger partial charge in [-0.25, -0.2) is 0 Å². The van der Waals surface area contributed by atoms with Crippen molar-refractivity contribution in [1.29, 1.82) is 0 Å². The fourth-order valence-electron chi connectivity index (χ4n) is 2.44. The molecular formula is C13H17BrClN. The molecule has 0 N–H and O–H groups in total. The molecule has 1 aliphatic heterocycles. The van der Waals surface area contributed by atoms with Crippen LogP contribution in [-0.4, -0.2) is 12.6 Å². The van der Waals surface area contributed by atoms with Crippen LogP contribution in [-0.2, 0) is 5.88 Å². The number of hydrogen-bond acceptors (Lipinski definition) is 1. The molecule has 0 amide bonds. The molecule has 0 radical (unpaired) electrons. The predicted octanol–water partition coefficient (Wildman–Crippen LogP) is 4.57. The number of rotatable bonds is 3. The van der Waals surface area contributed by atoms with E-state index in [1.54, 1.807) is 0 Å². The normalized spacial score (nSPS) is 20.4. The van der Waals surface area contributed by atoms with Crippen molar-refractivity contribution in [3.8, 4) is 0 Å². The number of anilines is 1. The zero-order chi connectivity index (χ0) is 11.5. The number of nitrogens with zero attached hydrogens (tertiary/aromatic N) is 1. The minimum atomic E-state index is 0.579. The van der Waals surface area contributed by atoms with Gasteiger partial charge in [0.2, 0.25) is 0 Å². The first kappa shape index (κ1) is 12.3. The summed E-state index contributed by atoms with van der Waals surface area (Å²) in [6, 6.07) is 7.15. The highest BCUT2D eigenvalue weighted by molar-refractivity contribution is 9.10.